The highest BCUT2D eigenvalue weighted by atomic mass is 16.5. The molecule has 3 rings (SSSR count). The van der Waals surface area contributed by atoms with E-state index < -0.39 is 0 Å². The predicted octanol–water partition coefficient (Wildman–Crippen LogP) is 5.06. The predicted molar refractivity (Wildman–Crippen MR) is 117 cm³/mol. The van der Waals surface area contributed by atoms with Crippen molar-refractivity contribution in [1.82, 2.24) is 4.90 Å². The molecule has 0 bridgehead atoms. The van der Waals surface area contributed by atoms with Gasteiger partial charge in [-0.2, -0.15) is 5.10 Å². The molecule has 1 aliphatic carbocycles. The number of benzene rings is 1. The topological polar surface area (TPSA) is 37.2 Å². The van der Waals surface area contributed by atoms with Crippen LogP contribution < -0.4 is 4.74 Å². The lowest BCUT2D eigenvalue weighted by Crippen LogP contribution is -2.43. The zero-order chi connectivity index (χ0) is 20.1. The Morgan fingerprint density at radius 3 is 2.50 bits per heavy atom. The summed E-state index contributed by atoms with van der Waals surface area (Å²) in [7, 11) is 1.72. The Balaban J connectivity index is 2.14. The fourth-order valence-corrected chi connectivity index (χ4v) is 4.14. The van der Waals surface area contributed by atoms with Gasteiger partial charge in [0, 0.05) is 24.6 Å². The van der Waals surface area contributed by atoms with E-state index in [9.17, 15) is 0 Å². The smallest absolute Gasteiger partial charge is 0.136 e. The van der Waals surface area contributed by atoms with Crippen LogP contribution >= 0.6 is 0 Å². The van der Waals surface area contributed by atoms with Crippen LogP contribution in [-0.2, 0) is 0 Å². The van der Waals surface area contributed by atoms with Crippen molar-refractivity contribution in [2.75, 3.05) is 20.2 Å². The van der Waals surface area contributed by atoms with Crippen LogP contribution in [0.4, 0.5) is 0 Å². The van der Waals surface area contributed by atoms with E-state index >= 15 is 0 Å². The Morgan fingerprint density at radius 1 is 1.07 bits per heavy atom. The molecule has 4 heteroatoms. The van der Waals surface area contributed by atoms with Gasteiger partial charge in [0.2, 0.25) is 0 Å². The minimum atomic E-state index is 0.116. The average molecular weight is 378 g/mol. The molecule has 0 aromatic heterocycles. The molecule has 1 aromatic carbocycles. The monoisotopic (exact) mass is 377 g/mol. The van der Waals surface area contributed by atoms with E-state index in [0.717, 1.165) is 48.8 Å². The summed E-state index contributed by atoms with van der Waals surface area (Å²) in [4.78, 5) is 2.38. The summed E-state index contributed by atoms with van der Waals surface area (Å²) in [6, 6.07) is 4.26. The van der Waals surface area contributed by atoms with Crippen LogP contribution in [0.3, 0.4) is 0 Å². The van der Waals surface area contributed by atoms with Gasteiger partial charge in [0.25, 0.3) is 0 Å². The van der Waals surface area contributed by atoms with E-state index in [1.165, 1.54) is 11.1 Å². The highest BCUT2D eigenvalue weighted by Crippen LogP contribution is 2.34. The highest BCUT2D eigenvalue weighted by molar-refractivity contribution is 6.10. The van der Waals surface area contributed by atoms with Crippen LogP contribution in [-0.4, -0.2) is 36.6 Å². The largest absolute Gasteiger partial charge is 0.496 e. The van der Waals surface area contributed by atoms with Crippen LogP contribution in [0.2, 0.25) is 0 Å². The van der Waals surface area contributed by atoms with Gasteiger partial charge in [-0.25, -0.2) is 0 Å². The molecule has 148 valence electrons. The summed E-state index contributed by atoms with van der Waals surface area (Å²) in [5, 5.41) is 9.51. The van der Waals surface area contributed by atoms with E-state index in [1.807, 2.05) is 6.08 Å². The molecule has 0 spiro atoms. The second-order valence-electron chi connectivity index (χ2n) is 7.53. The molecule has 2 aliphatic rings. The lowest BCUT2D eigenvalue weighted by atomic mass is 9.81. The van der Waals surface area contributed by atoms with E-state index in [1.54, 1.807) is 7.11 Å². The van der Waals surface area contributed by atoms with Crippen molar-refractivity contribution in [3.63, 3.8) is 0 Å². The fraction of sp³-hybridized carbons (Fsp3) is 0.458. The van der Waals surface area contributed by atoms with Crippen molar-refractivity contribution >= 4 is 11.5 Å². The zero-order valence-corrected chi connectivity index (χ0v) is 17.7. The van der Waals surface area contributed by atoms with Gasteiger partial charge in [0.05, 0.1) is 18.7 Å². The number of methoxy groups -OCH3 is 1. The number of hydrogen-bond acceptors (Lipinski definition) is 4. The van der Waals surface area contributed by atoms with Gasteiger partial charge in [0.1, 0.15) is 11.6 Å². The van der Waals surface area contributed by atoms with Gasteiger partial charge < -0.3 is 9.64 Å². The molecule has 1 aliphatic heterocycles. The molecule has 1 heterocycles. The molecule has 2 unspecified atom stereocenters. The lowest BCUT2D eigenvalue weighted by Gasteiger charge is -2.34. The van der Waals surface area contributed by atoms with Crippen molar-refractivity contribution in [1.29, 1.82) is 0 Å². The minimum absolute atomic E-state index is 0.116. The maximum Gasteiger partial charge on any atom is 0.136 e. The number of amidine groups is 1. The first-order valence-corrected chi connectivity index (χ1v) is 10.3. The summed E-state index contributed by atoms with van der Waals surface area (Å²) in [6.07, 6.45) is 10.6. The van der Waals surface area contributed by atoms with Crippen molar-refractivity contribution < 1.29 is 4.74 Å². The number of allylic oxidation sites excluding steroid dienone is 2. The van der Waals surface area contributed by atoms with Gasteiger partial charge in [-0.05, 0) is 56.0 Å². The third-order valence-corrected chi connectivity index (χ3v) is 5.28. The molecular weight excluding hydrogens is 346 g/mol. The first-order valence-electron chi connectivity index (χ1n) is 10.3. The SMILES string of the molecule is CCCN(CCC)C1=NN=C(c2c(C)cc(C)cc2OC)C2C=CC=C=CC12. The molecular formula is C24H31N3O. The molecule has 0 radical (unpaired) electrons. The Labute approximate surface area is 169 Å². The summed E-state index contributed by atoms with van der Waals surface area (Å²) in [5.74, 6) is 2.16. The van der Waals surface area contributed by atoms with E-state index in [2.05, 4.69) is 68.7 Å². The van der Waals surface area contributed by atoms with Gasteiger partial charge in [0.15, 0.2) is 0 Å². The second kappa shape index (κ2) is 9.07. The van der Waals surface area contributed by atoms with E-state index in [0.29, 0.717) is 0 Å². The number of ether oxygens (including phenoxy) is 1. The van der Waals surface area contributed by atoms with Crippen LogP contribution in [0, 0.1) is 25.7 Å². The molecule has 2 atom stereocenters. The Kier molecular flexibility index (Phi) is 6.53. The van der Waals surface area contributed by atoms with Crippen LogP contribution in [0.5, 0.6) is 5.75 Å². The third kappa shape index (κ3) is 3.98. The van der Waals surface area contributed by atoms with Crippen LogP contribution in [0.1, 0.15) is 43.4 Å². The molecule has 28 heavy (non-hydrogen) atoms. The standard InChI is InChI=1S/C24H31N3O/c1-6-13-27(14-7-2)24-20-12-10-8-9-11-19(20)23(25-26-24)22-18(4)15-17(3)16-21(22)28-5/h8-9,11-12,15-16,19-20H,6-7,13-14H2,1-5H3. The molecule has 0 saturated heterocycles. The minimum Gasteiger partial charge on any atom is -0.496 e. The average Bonchev–Trinajstić information content (AvgIpc) is 2.93. The van der Waals surface area contributed by atoms with E-state index in [-0.39, 0.29) is 11.8 Å². The maximum absolute atomic E-state index is 5.73. The Hall–Kier alpha value is -2.58. The van der Waals surface area contributed by atoms with Crippen molar-refractivity contribution in [3.8, 4) is 5.75 Å². The van der Waals surface area contributed by atoms with Crippen molar-refractivity contribution in [3.05, 3.63) is 58.9 Å². The third-order valence-electron chi connectivity index (χ3n) is 5.28. The quantitative estimate of drug-likeness (QED) is 0.650. The number of rotatable bonds is 6. The summed E-state index contributed by atoms with van der Waals surface area (Å²) in [6.45, 7) is 10.6. The normalized spacial score (nSPS) is 20.3. The lowest BCUT2D eigenvalue weighted by molar-refractivity contribution is 0.390. The van der Waals surface area contributed by atoms with Crippen LogP contribution in [0.15, 0.2) is 52.4 Å². The van der Waals surface area contributed by atoms with Gasteiger partial charge >= 0.3 is 0 Å². The second-order valence-corrected chi connectivity index (χ2v) is 7.53. The first-order chi connectivity index (χ1) is 13.6. The number of hydrogen-bond donors (Lipinski definition) is 0. The molecule has 4 nitrogen and oxygen atoms in total. The van der Waals surface area contributed by atoms with Gasteiger partial charge in [-0.15, -0.1) is 10.8 Å². The molecule has 1 aromatic rings. The number of fused-ring (bicyclic) bond motifs is 1. The zero-order valence-electron chi connectivity index (χ0n) is 17.7. The summed E-state index contributed by atoms with van der Waals surface area (Å²) < 4.78 is 5.73. The fourth-order valence-electron chi connectivity index (χ4n) is 4.14. The first kappa shape index (κ1) is 20.2. The molecule has 0 amide bonds. The number of aryl methyl sites for hydroxylation is 2. The highest BCUT2D eigenvalue weighted by Gasteiger charge is 2.35. The maximum atomic E-state index is 5.73. The Morgan fingerprint density at radius 2 is 1.82 bits per heavy atom. The van der Waals surface area contributed by atoms with Gasteiger partial charge in [-0.1, -0.05) is 32.1 Å². The van der Waals surface area contributed by atoms with Crippen molar-refractivity contribution in [2.24, 2.45) is 22.0 Å². The molecule has 0 fully saturated rings. The molecule has 0 saturated carbocycles. The van der Waals surface area contributed by atoms with Crippen LogP contribution in [0.25, 0.3) is 0 Å². The Bertz CT molecular complexity index is 866. The van der Waals surface area contributed by atoms with E-state index in [4.69, 9.17) is 14.9 Å². The molecule has 0 N–H and O–H groups in total. The van der Waals surface area contributed by atoms with Gasteiger partial charge in [-0.3, -0.25) is 0 Å². The number of nitrogens with zero attached hydrogens (tertiary/aromatic N) is 3. The van der Waals surface area contributed by atoms with Crippen molar-refractivity contribution in [2.45, 2.75) is 40.5 Å². The summed E-state index contributed by atoms with van der Waals surface area (Å²) >= 11 is 0. The summed E-state index contributed by atoms with van der Waals surface area (Å²) in [5.41, 5.74) is 7.69.